The average molecular weight is 486 g/mol. The van der Waals surface area contributed by atoms with Crippen LogP contribution in [0.1, 0.15) is 46.3 Å². The second-order valence-corrected chi connectivity index (χ2v) is 8.49. The molecular formula is C25H24F2N2O6. The number of halogens is 2. The molecule has 0 bridgehead atoms. The molecule has 10 heteroatoms. The van der Waals surface area contributed by atoms with Gasteiger partial charge < -0.3 is 20.1 Å². The van der Waals surface area contributed by atoms with Crippen LogP contribution in [0.15, 0.2) is 42.5 Å². The third kappa shape index (κ3) is 4.93. The lowest BCUT2D eigenvalue weighted by Gasteiger charge is -2.29. The van der Waals surface area contributed by atoms with Crippen LogP contribution in [0, 0.1) is 0 Å². The quantitative estimate of drug-likeness (QED) is 0.553. The molecule has 1 atom stereocenters. The number of alkyl halides is 2. The van der Waals surface area contributed by atoms with Crippen LogP contribution >= 0.6 is 0 Å². The van der Waals surface area contributed by atoms with Crippen molar-refractivity contribution in [1.82, 2.24) is 10.2 Å². The van der Waals surface area contributed by atoms with Gasteiger partial charge >= 0.3 is 5.92 Å². The van der Waals surface area contributed by atoms with Gasteiger partial charge in [0.2, 0.25) is 0 Å². The fraction of sp³-hybridized carbons (Fsp3) is 0.360. The normalized spacial score (nSPS) is 18.0. The van der Waals surface area contributed by atoms with Gasteiger partial charge in [0.15, 0.2) is 5.78 Å². The van der Waals surface area contributed by atoms with Gasteiger partial charge in [-0.25, -0.2) is 0 Å². The molecule has 2 N–H and O–H groups in total. The number of aliphatic hydroxyl groups is 1. The van der Waals surface area contributed by atoms with Gasteiger partial charge in [-0.1, -0.05) is 24.3 Å². The lowest BCUT2D eigenvalue weighted by molar-refractivity contribution is -0.147. The number of benzene rings is 2. The van der Waals surface area contributed by atoms with Crippen molar-refractivity contribution in [3.63, 3.8) is 0 Å². The number of fused-ring (bicyclic) bond motifs is 1. The highest BCUT2D eigenvalue weighted by Crippen LogP contribution is 2.35. The zero-order valence-corrected chi connectivity index (χ0v) is 18.8. The molecule has 2 amide bonds. The molecule has 1 heterocycles. The molecule has 35 heavy (non-hydrogen) atoms. The summed E-state index contributed by atoms with van der Waals surface area (Å²) in [5.41, 5.74) is 0.931. The summed E-state index contributed by atoms with van der Waals surface area (Å²) in [5.74, 6) is -6.32. The summed E-state index contributed by atoms with van der Waals surface area (Å²) in [5, 5.41) is 11.1. The summed E-state index contributed by atoms with van der Waals surface area (Å²) in [7, 11) is 0. The zero-order valence-electron chi connectivity index (χ0n) is 18.8. The van der Waals surface area contributed by atoms with Crippen LogP contribution in [0.4, 0.5) is 8.78 Å². The van der Waals surface area contributed by atoms with Gasteiger partial charge in [-0.2, -0.15) is 8.78 Å². The minimum atomic E-state index is -3.88. The first kappa shape index (κ1) is 24.5. The number of hydrogen-bond acceptors (Lipinski definition) is 6. The molecule has 8 nitrogen and oxygen atoms in total. The first-order valence-electron chi connectivity index (χ1n) is 11.2. The second-order valence-electron chi connectivity index (χ2n) is 8.49. The van der Waals surface area contributed by atoms with Crippen LogP contribution in [-0.4, -0.2) is 52.6 Å². The van der Waals surface area contributed by atoms with Gasteiger partial charge in [-0.15, -0.1) is 0 Å². The number of carbonyl (C=O) groups is 4. The summed E-state index contributed by atoms with van der Waals surface area (Å²) in [6.07, 6.45) is 0.361. The number of rotatable bonds is 8. The highest BCUT2D eigenvalue weighted by atomic mass is 19.3. The minimum absolute atomic E-state index is 0.132. The molecule has 1 aliphatic carbocycles. The Balaban J connectivity index is 1.43. The maximum Gasteiger partial charge on any atom is 0.353 e. The third-order valence-electron chi connectivity index (χ3n) is 6.13. The Hall–Kier alpha value is -3.66. The SMILES string of the molecule is O=C1CCC(N2Cc3cc(CNC(=O)C(F)(F)c4ccccc4OCCO)ccc3C2=O)C(=O)C1. The molecule has 184 valence electrons. The fourth-order valence-corrected chi connectivity index (χ4v) is 4.37. The number of aliphatic hydroxyl groups excluding tert-OH is 1. The first-order valence-corrected chi connectivity index (χ1v) is 11.2. The van der Waals surface area contributed by atoms with E-state index in [4.69, 9.17) is 9.84 Å². The number of nitrogens with one attached hydrogen (secondary N) is 1. The fourth-order valence-electron chi connectivity index (χ4n) is 4.37. The molecule has 1 fully saturated rings. The van der Waals surface area contributed by atoms with Crippen molar-refractivity contribution in [3.05, 3.63) is 64.7 Å². The first-order chi connectivity index (χ1) is 16.7. The Morgan fingerprint density at radius 1 is 1.17 bits per heavy atom. The lowest BCUT2D eigenvalue weighted by atomic mass is 9.92. The number of amides is 2. The summed E-state index contributed by atoms with van der Waals surface area (Å²) >= 11 is 0. The second kappa shape index (κ2) is 9.91. The van der Waals surface area contributed by atoms with Gasteiger partial charge in [-0.05, 0) is 35.7 Å². The Bertz CT molecular complexity index is 1180. The smallest absolute Gasteiger partial charge is 0.353 e. The molecule has 4 rings (SSSR count). The summed E-state index contributed by atoms with van der Waals surface area (Å²) < 4.78 is 34.9. The molecule has 2 aromatic rings. The van der Waals surface area contributed by atoms with Crippen LogP contribution in [0.2, 0.25) is 0 Å². The molecule has 0 radical (unpaired) electrons. The molecule has 0 saturated heterocycles. The number of carbonyl (C=O) groups excluding carboxylic acids is 4. The molecule has 1 aliphatic heterocycles. The van der Waals surface area contributed by atoms with Gasteiger partial charge in [0, 0.05) is 25.1 Å². The van der Waals surface area contributed by atoms with Gasteiger partial charge in [0.05, 0.1) is 24.6 Å². The van der Waals surface area contributed by atoms with E-state index >= 15 is 0 Å². The van der Waals surface area contributed by atoms with E-state index in [1.54, 1.807) is 18.2 Å². The highest BCUT2D eigenvalue weighted by molar-refractivity contribution is 6.07. The van der Waals surface area contributed by atoms with E-state index in [-0.39, 0.29) is 62.4 Å². The number of para-hydroxylation sites is 1. The van der Waals surface area contributed by atoms with Gasteiger partial charge in [-0.3, -0.25) is 19.2 Å². The van der Waals surface area contributed by atoms with Crippen molar-refractivity contribution in [3.8, 4) is 5.75 Å². The number of Topliss-reactive ketones (excluding diaryl/α,β-unsaturated/α-hetero) is 2. The van der Waals surface area contributed by atoms with Crippen LogP contribution in [0.5, 0.6) is 5.75 Å². The maximum atomic E-state index is 14.9. The van der Waals surface area contributed by atoms with E-state index in [2.05, 4.69) is 5.32 Å². The van der Waals surface area contributed by atoms with Crippen LogP contribution < -0.4 is 10.1 Å². The molecular weight excluding hydrogens is 462 g/mol. The number of ketones is 2. The van der Waals surface area contributed by atoms with Crippen molar-refractivity contribution in [2.24, 2.45) is 0 Å². The van der Waals surface area contributed by atoms with E-state index in [9.17, 15) is 28.0 Å². The molecule has 1 unspecified atom stereocenters. The Morgan fingerprint density at radius 3 is 2.69 bits per heavy atom. The van der Waals surface area contributed by atoms with Gasteiger partial charge in [0.1, 0.15) is 18.1 Å². The maximum absolute atomic E-state index is 14.9. The van der Waals surface area contributed by atoms with E-state index in [0.717, 1.165) is 6.07 Å². The molecule has 0 aromatic heterocycles. The van der Waals surface area contributed by atoms with Crippen LogP contribution in [0.25, 0.3) is 0 Å². The highest BCUT2D eigenvalue weighted by Gasteiger charge is 2.43. The largest absolute Gasteiger partial charge is 0.491 e. The standard InChI is InChI=1S/C25H24F2N2O6/c26-25(27,19-3-1-2-4-22(19)35-10-9-30)24(34)28-13-15-5-7-18-16(11-15)14-29(23(18)33)20-8-6-17(31)12-21(20)32/h1-5,7,11,20,30H,6,8-10,12-14H2,(H,28,34). The predicted octanol–water partition coefficient (Wildman–Crippen LogP) is 2.11. The molecule has 2 aliphatic rings. The van der Waals surface area contributed by atoms with E-state index in [1.807, 2.05) is 0 Å². The molecule has 1 saturated carbocycles. The third-order valence-corrected chi connectivity index (χ3v) is 6.13. The number of ether oxygens (including phenoxy) is 1. The Labute approximate surface area is 199 Å². The van der Waals surface area contributed by atoms with Crippen LogP contribution in [-0.2, 0) is 33.4 Å². The van der Waals surface area contributed by atoms with E-state index in [1.165, 1.54) is 23.1 Å². The predicted molar refractivity (Wildman–Crippen MR) is 119 cm³/mol. The summed E-state index contributed by atoms with van der Waals surface area (Å²) in [4.78, 5) is 50.4. The number of hydrogen-bond donors (Lipinski definition) is 2. The van der Waals surface area contributed by atoms with Crippen molar-refractivity contribution in [2.75, 3.05) is 13.2 Å². The van der Waals surface area contributed by atoms with Crippen molar-refractivity contribution in [2.45, 2.75) is 44.3 Å². The topological polar surface area (TPSA) is 113 Å². The van der Waals surface area contributed by atoms with Crippen molar-refractivity contribution in [1.29, 1.82) is 0 Å². The summed E-state index contributed by atoms with van der Waals surface area (Å²) in [6, 6.07) is 9.32. The van der Waals surface area contributed by atoms with E-state index in [0.29, 0.717) is 23.1 Å². The minimum Gasteiger partial charge on any atom is -0.491 e. The van der Waals surface area contributed by atoms with Gasteiger partial charge in [0.25, 0.3) is 11.8 Å². The average Bonchev–Trinajstić information content (AvgIpc) is 3.16. The van der Waals surface area contributed by atoms with Crippen molar-refractivity contribution >= 4 is 23.4 Å². The van der Waals surface area contributed by atoms with Crippen molar-refractivity contribution < 1.29 is 37.8 Å². The molecule has 0 spiro atoms. The zero-order chi connectivity index (χ0) is 25.2. The Morgan fingerprint density at radius 2 is 1.94 bits per heavy atom. The Kier molecular flexibility index (Phi) is 6.93. The van der Waals surface area contributed by atoms with E-state index < -0.39 is 23.4 Å². The van der Waals surface area contributed by atoms with Crippen LogP contribution in [0.3, 0.4) is 0 Å². The summed E-state index contributed by atoms with van der Waals surface area (Å²) in [6.45, 7) is -0.585. The monoisotopic (exact) mass is 486 g/mol. The number of nitrogens with zero attached hydrogens (tertiary/aromatic N) is 1. The lowest BCUT2D eigenvalue weighted by Crippen LogP contribution is -2.44. The molecule has 2 aromatic carbocycles.